The van der Waals surface area contributed by atoms with Crippen molar-refractivity contribution >= 4 is 5.91 Å². The molecule has 2 saturated heterocycles. The van der Waals surface area contributed by atoms with Crippen LogP contribution in [0.5, 0.6) is 0 Å². The topological polar surface area (TPSA) is 61.8 Å². The zero-order valence-corrected chi connectivity index (χ0v) is 12.0. The third-order valence-corrected chi connectivity index (χ3v) is 4.41. The van der Waals surface area contributed by atoms with E-state index in [-0.39, 0.29) is 24.2 Å². The number of hydrogen-bond acceptors (Lipinski definition) is 4. The number of β-amino-alcohol motifs (C(OH)–C–C–N with tert-alkyl or cyclic N) is 1. The van der Waals surface area contributed by atoms with Crippen LogP contribution < -0.4 is 5.32 Å². The molecule has 4 atom stereocenters. The van der Waals surface area contributed by atoms with Crippen LogP contribution in [0.2, 0.25) is 0 Å². The highest BCUT2D eigenvalue weighted by atomic mass is 16.5. The molecule has 2 fully saturated rings. The molecule has 2 rings (SSSR count). The number of nitrogens with one attached hydrogen (secondary N) is 1. The summed E-state index contributed by atoms with van der Waals surface area (Å²) in [6.45, 7) is 6.86. The molecule has 0 aromatic rings. The average molecular weight is 270 g/mol. The summed E-state index contributed by atoms with van der Waals surface area (Å²) in [4.78, 5) is 14.2. The summed E-state index contributed by atoms with van der Waals surface area (Å²) in [5.74, 6) is 0.371. The monoisotopic (exact) mass is 270 g/mol. The SMILES string of the molecule is CC1CCN(C(C)C(=O)NCC2CCCO2)CC1O. The van der Waals surface area contributed by atoms with Crippen LogP contribution in [0.4, 0.5) is 0 Å². The Balaban J connectivity index is 1.75. The third-order valence-electron chi connectivity index (χ3n) is 4.41. The Hall–Kier alpha value is -0.650. The number of ether oxygens (including phenoxy) is 1. The minimum Gasteiger partial charge on any atom is -0.392 e. The van der Waals surface area contributed by atoms with Gasteiger partial charge in [-0.25, -0.2) is 0 Å². The van der Waals surface area contributed by atoms with Crippen molar-refractivity contribution in [2.45, 2.75) is 51.4 Å². The second-order valence-electron chi connectivity index (χ2n) is 5.88. The van der Waals surface area contributed by atoms with Crippen molar-refractivity contribution in [3.05, 3.63) is 0 Å². The molecule has 0 bridgehead atoms. The highest BCUT2D eigenvalue weighted by Gasteiger charge is 2.30. The van der Waals surface area contributed by atoms with Gasteiger partial charge in [0, 0.05) is 19.7 Å². The van der Waals surface area contributed by atoms with Gasteiger partial charge in [0.25, 0.3) is 0 Å². The van der Waals surface area contributed by atoms with E-state index in [4.69, 9.17) is 4.74 Å². The standard InChI is InChI=1S/C14H26N2O3/c1-10-5-6-16(9-13(10)17)11(2)14(18)15-8-12-4-3-7-19-12/h10-13,17H,3-9H2,1-2H3,(H,15,18). The lowest BCUT2D eigenvalue weighted by Gasteiger charge is -2.37. The van der Waals surface area contributed by atoms with Gasteiger partial charge in [-0.1, -0.05) is 6.92 Å². The van der Waals surface area contributed by atoms with E-state index in [1.165, 1.54) is 0 Å². The Morgan fingerprint density at radius 3 is 2.95 bits per heavy atom. The van der Waals surface area contributed by atoms with E-state index in [9.17, 15) is 9.90 Å². The molecule has 5 nitrogen and oxygen atoms in total. The highest BCUT2D eigenvalue weighted by molar-refractivity contribution is 5.81. The summed E-state index contributed by atoms with van der Waals surface area (Å²) in [6.07, 6.45) is 2.94. The van der Waals surface area contributed by atoms with Crippen molar-refractivity contribution in [3.63, 3.8) is 0 Å². The van der Waals surface area contributed by atoms with Gasteiger partial charge in [-0.05, 0) is 38.6 Å². The van der Waals surface area contributed by atoms with E-state index in [1.54, 1.807) is 0 Å². The van der Waals surface area contributed by atoms with Crippen molar-refractivity contribution in [2.24, 2.45) is 5.92 Å². The molecule has 0 spiro atoms. The van der Waals surface area contributed by atoms with Gasteiger partial charge in [-0.3, -0.25) is 9.69 Å². The predicted molar refractivity (Wildman–Crippen MR) is 72.8 cm³/mol. The van der Waals surface area contributed by atoms with Gasteiger partial charge >= 0.3 is 0 Å². The lowest BCUT2D eigenvalue weighted by molar-refractivity contribution is -0.128. The van der Waals surface area contributed by atoms with Crippen LogP contribution in [0.25, 0.3) is 0 Å². The molecule has 1 amide bonds. The van der Waals surface area contributed by atoms with E-state index >= 15 is 0 Å². The van der Waals surface area contributed by atoms with Gasteiger partial charge < -0.3 is 15.2 Å². The highest BCUT2D eigenvalue weighted by Crippen LogP contribution is 2.19. The molecule has 2 aliphatic heterocycles. The van der Waals surface area contributed by atoms with Crippen LogP contribution in [0.3, 0.4) is 0 Å². The summed E-state index contributed by atoms with van der Waals surface area (Å²) in [5.41, 5.74) is 0. The number of carbonyl (C=O) groups excluding carboxylic acids is 1. The van der Waals surface area contributed by atoms with Gasteiger partial charge in [0.1, 0.15) is 0 Å². The number of likely N-dealkylation sites (tertiary alicyclic amines) is 1. The van der Waals surface area contributed by atoms with Crippen molar-refractivity contribution in [2.75, 3.05) is 26.2 Å². The van der Waals surface area contributed by atoms with Gasteiger partial charge in [0.05, 0.1) is 18.2 Å². The Morgan fingerprint density at radius 2 is 2.32 bits per heavy atom. The second-order valence-corrected chi connectivity index (χ2v) is 5.88. The maximum atomic E-state index is 12.1. The smallest absolute Gasteiger partial charge is 0.237 e. The molecule has 2 N–H and O–H groups in total. The number of amides is 1. The van der Waals surface area contributed by atoms with E-state index < -0.39 is 0 Å². The van der Waals surface area contributed by atoms with E-state index in [0.29, 0.717) is 19.0 Å². The largest absolute Gasteiger partial charge is 0.392 e. The fourth-order valence-corrected chi connectivity index (χ4v) is 2.76. The van der Waals surface area contributed by atoms with Crippen LogP contribution >= 0.6 is 0 Å². The maximum Gasteiger partial charge on any atom is 0.237 e. The fourth-order valence-electron chi connectivity index (χ4n) is 2.76. The zero-order valence-electron chi connectivity index (χ0n) is 12.0. The molecule has 2 aliphatic rings. The minimum atomic E-state index is -0.317. The molecule has 0 aliphatic carbocycles. The summed E-state index contributed by atoms with van der Waals surface area (Å²) in [7, 11) is 0. The zero-order chi connectivity index (χ0) is 13.8. The van der Waals surface area contributed by atoms with Crippen molar-refractivity contribution in [3.8, 4) is 0 Å². The number of nitrogens with zero attached hydrogens (tertiary/aromatic N) is 1. The molecule has 0 aromatic heterocycles. The van der Waals surface area contributed by atoms with Crippen molar-refractivity contribution < 1.29 is 14.6 Å². The molecule has 0 saturated carbocycles. The van der Waals surface area contributed by atoms with Crippen molar-refractivity contribution in [1.82, 2.24) is 10.2 Å². The number of rotatable bonds is 4. The molecule has 5 heteroatoms. The fraction of sp³-hybridized carbons (Fsp3) is 0.929. The predicted octanol–water partition coefficient (Wildman–Crippen LogP) is 0.373. The van der Waals surface area contributed by atoms with E-state index in [0.717, 1.165) is 32.4 Å². The number of piperidine rings is 1. The normalized spacial score (nSPS) is 34.2. The van der Waals surface area contributed by atoms with E-state index in [2.05, 4.69) is 17.1 Å². The van der Waals surface area contributed by atoms with E-state index in [1.807, 2.05) is 6.92 Å². The average Bonchev–Trinajstić information content (AvgIpc) is 2.91. The van der Waals surface area contributed by atoms with Gasteiger partial charge in [0.15, 0.2) is 0 Å². The van der Waals surface area contributed by atoms with Gasteiger partial charge in [-0.15, -0.1) is 0 Å². The Morgan fingerprint density at radius 1 is 1.53 bits per heavy atom. The molecule has 110 valence electrons. The molecule has 0 aromatic carbocycles. The molecular weight excluding hydrogens is 244 g/mol. The Kier molecular flexibility index (Phi) is 5.19. The summed E-state index contributed by atoms with van der Waals surface area (Å²) >= 11 is 0. The van der Waals surface area contributed by atoms with Crippen LogP contribution in [0.15, 0.2) is 0 Å². The number of aliphatic hydroxyl groups excluding tert-OH is 1. The molecule has 19 heavy (non-hydrogen) atoms. The van der Waals surface area contributed by atoms with Crippen LogP contribution in [-0.4, -0.2) is 60.4 Å². The van der Waals surface area contributed by atoms with Crippen LogP contribution in [0, 0.1) is 5.92 Å². The summed E-state index contributed by atoms with van der Waals surface area (Å²) < 4.78 is 5.49. The first kappa shape index (κ1) is 14.8. The molecule has 0 radical (unpaired) electrons. The third kappa shape index (κ3) is 3.91. The van der Waals surface area contributed by atoms with Crippen LogP contribution in [-0.2, 0) is 9.53 Å². The summed E-state index contributed by atoms with van der Waals surface area (Å²) in [5, 5.41) is 12.8. The summed E-state index contributed by atoms with van der Waals surface area (Å²) in [6, 6.07) is -0.177. The Labute approximate surface area is 115 Å². The number of hydrogen-bond donors (Lipinski definition) is 2. The number of carbonyl (C=O) groups is 1. The molecular formula is C14H26N2O3. The molecule has 2 heterocycles. The van der Waals surface area contributed by atoms with Gasteiger partial charge in [-0.2, -0.15) is 0 Å². The molecule has 4 unspecified atom stereocenters. The minimum absolute atomic E-state index is 0.0391. The van der Waals surface area contributed by atoms with Gasteiger partial charge in [0.2, 0.25) is 5.91 Å². The first-order valence-electron chi connectivity index (χ1n) is 7.39. The number of aliphatic hydroxyl groups is 1. The Bertz CT molecular complexity index is 305. The quantitative estimate of drug-likeness (QED) is 0.775. The maximum absolute atomic E-state index is 12.1. The van der Waals surface area contributed by atoms with Crippen LogP contribution in [0.1, 0.15) is 33.1 Å². The second kappa shape index (κ2) is 6.68. The first-order valence-corrected chi connectivity index (χ1v) is 7.39. The lowest BCUT2D eigenvalue weighted by atomic mass is 9.95. The first-order chi connectivity index (χ1) is 9.08. The van der Waals surface area contributed by atoms with Crippen molar-refractivity contribution in [1.29, 1.82) is 0 Å². The lowest BCUT2D eigenvalue weighted by Crippen LogP contribution is -2.52.